The predicted molar refractivity (Wildman–Crippen MR) is 83.9 cm³/mol. The Hall–Kier alpha value is -1.52. The molecule has 1 aromatic heterocycles. The van der Waals surface area contributed by atoms with Crippen LogP contribution in [-0.2, 0) is 5.60 Å². The largest absolute Gasteiger partial charge is 0.478 e. The molecule has 1 N–H and O–H groups in total. The molecule has 0 aliphatic rings. The number of hydrogen-bond acceptors (Lipinski definition) is 3. The Bertz CT molecular complexity index is 662. The molecule has 0 bridgehead atoms. The SMILES string of the molecule is CNc1ccc(OC(C)(C)c2ncc(Cl)cc2Cl)c(F)c1. The summed E-state index contributed by atoms with van der Waals surface area (Å²) in [6.07, 6.45) is 1.48. The number of nitrogens with zero attached hydrogens (tertiary/aromatic N) is 1. The smallest absolute Gasteiger partial charge is 0.167 e. The van der Waals surface area contributed by atoms with Crippen LogP contribution in [0.3, 0.4) is 0 Å². The van der Waals surface area contributed by atoms with Gasteiger partial charge in [0.25, 0.3) is 0 Å². The average molecular weight is 329 g/mol. The Kier molecular flexibility index (Phi) is 4.59. The third-order valence-corrected chi connectivity index (χ3v) is 3.46. The Labute approximate surface area is 133 Å². The van der Waals surface area contributed by atoms with Crippen LogP contribution in [0, 0.1) is 5.82 Å². The highest BCUT2D eigenvalue weighted by Gasteiger charge is 2.28. The van der Waals surface area contributed by atoms with Gasteiger partial charge in [-0.1, -0.05) is 23.2 Å². The van der Waals surface area contributed by atoms with Gasteiger partial charge in [-0.3, -0.25) is 4.98 Å². The van der Waals surface area contributed by atoms with Gasteiger partial charge in [-0.2, -0.15) is 0 Å². The zero-order valence-corrected chi connectivity index (χ0v) is 13.4. The molecule has 1 aromatic carbocycles. The number of nitrogens with one attached hydrogen (secondary N) is 1. The van der Waals surface area contributed by atoms with E-state index >= 15 is 0 Å². The predicted octanol–water partition coefficient (Wildman–Crippen LogP) is 4.88. The summed E-state index contributed by atoms with van der Waals surface area (Å²) in [7, 11) is 1.72. The van der Waals surface area contributed by atoms with Crippen molar-refractivity contribution in [2.24, 2.45) is 0 Å². The van der Waals surface area contributed by atoms with Crippen LogP contribution >= 0.6 is 23.2 Å². The molecule has 0 saturated carbocycles. The summed E-state index contributed by atoms with van der Waals surface area (Å²) in [5.41, 5.74) is 0.259. The van der Waals surface area contributed by atoms with Crippen molar-refractivity contribution in [3.05, 3.63) is 52.0 Å². The van der Waals surface area contributed by atoms with Crippen molar-refractivity contribution in [1.29, 1.82) is 0 Å². The lowest BCUT2D eigenvalue weighted by Gasteiger charge is -2.27. The fourth-order valence-corrected chi connectivity index (χ4v) is 2.53. The summed E-state index contributed by atoms with van der Waals surface area (Å²) in [5, 5.41) is 3.67. The Morgan fingerprint density at radius 3 is 2.52 bits per heavy atom. The molecule has 0 spiro atoms. The highest BCUT2D eigenvalue weighted by molar-refractivity contribution is 6.34. The van der Waals surface area contributed by atoms with Crippen LogP contribution in [0.15, 0.2) is 30.5 Å². The molecular formula is C15H15Cl2FN2O. The summed E-state index contributed by atoms with van der Waals surface area (Å²) in [6.45, 7) is 3.53. The molecule has 0 radical (unpaired) electrons. The van der Waals surface area contributed by atoms with Crippen molar-refractivity contribution in [3.8, 4) is 5.75 Å². The van der Waals surface area contributed by atoms with Gasteiger partial charge in [-0.05, 0) is 32.0 Å². The number of hydrogen-bond donors (Lipinski definition) is 1. The van der Waals surface area contributed by atoms with Crippen LogP contribution in [0.4, 0.5) is 10.1 Å². The first kappa shape index (κ1) is 15.9. The van der Waals surface area contributed by atoms with E-state index in [2.05, 4.69) is 10.3 Å². The average Bonchev–Trinajstić information content (AvgIpc) is 2.40. The molecule has 6 heteroatoms. The van der Waals surface area contributed by atoms with Gasteiger partial charge in [0.2, 0.25) is 0 Å². The Morgan fingerprint density at radius 2 is 1.95 bits per heavy atom. The Morgan fingerprint density at radius 1 is 1.24 bits per heavy atom. The van der Waals surface area contributed by atoms with Crippen molar-refractivity contribution >= 4 is 28.9 Å². The summed E-state index contributed by atoms with van der Waals surface area (Å²) < 4.78 is 19.8. The fourth-order valence-electron chi connectivity index (χ4n) is 1.92. The van der Waals surface area contributed by atoms with Gasteiger partial charge < -0.3 is 10.1 Å². The molecule has 21 heavy (non-hydrogen) atoms. The summed E-state index contributed by atoms with van der Waals surface area (Å²) >= 11 is 12.0. The molecule has 0 aliphatic heterocycles. The number of rotatable bonds is 4. The van der Waals surface area contributed by atoms with E-state index in [-0.39, 0.29) is 5.75 Å². The quantitative estimate of drug-likeness (QED) is 0.868. The number of benzene rings is 1. The van der Waals surface area contributed by atoms with Gasteiger partial charge in [0.05, 0.1) is 10.0 Å². The standard InChI is InChI=1S/C15H15Cl2FN2O/c1-15(2,14-11(17)6-9(16)8-20-14)21-13-5-4-10(19-3)7-12(13)18/h4-8,19H,1-3H3. The summed E-state index contributed by atoms with van der Waals surface area (Å²) in [6, 6.07) is 6.23. The minimum atomic E-state index is -0.899. The van der Waals surface area contributed by atoms with Gasteiger partial charge in [-0.15, -0.1) is 0 Å². The molecule has 2 aromatic rings. The van der Waals surface area contributed by atoms with Crippen LogP contribution in [0.25, 0.3) is 0 Å². The van der Waals surface area contributed by atoms with Crippen LogP contribution < -0.4 is 10.1 Å². The number of aromatic nitrogens is 1. The topological polar surface area (TPSA) is 34.1 Å². The zero-order chi connectivity index (χ0) is 15.6. The lowest BCUT2D eigenvalue weighted by Crippen LogP contribution is -2.27. The molecular weight excluding hydrogens is 314 g/mol. The van der Waals surface area contributed by atoms with Gasteiger partial charge >= 0.3 is 0 Å². The van der Waals surface area contributed by atoms with E-state index in [9.17, 15) is 4.39 Å². The maximum Gasteiger partial charge on any atom is 0.167 e. The van der Waals surface area contributed by atoms with Crippen LogP contribution in [0.5, 0.6) is 5.75 Å². The number of pyridine rings is 1. The van der Waals surface area contributed by atoms with Crippen LogP contribution in [-0.4, -0.2) is 12.0 Å². The normalized spacial score (nSPS) is 11.3. The maximum atomic E-state index is 14.0. The van der Waals surface area contributed by atoms with Gasteiger partial charge in [0, 0.05) is 25.0 Å². The van der Waals surface area contributed by atoms with Gasteiger partial charge in [0.1, 0.15) is 11.3 Å². The van der Waals surface area contributed by atoms with Crippen LogP contribution in [0.1, 0.15) is 19.5 Å². The molecule has 0 atom stereocenters. The van der Waals surface area contributed by atoms with Crippen molar-refractivity contribution in [2.75, 3.05) is 12.4 Å². The van der Waals surface area contributed by atoms with Crippen molar-refractivity contribution in [3.63, 3.8) is 0 Å². The van der Waals surface area contributed by atoms with E-state index in [1.54, 1.807) is 39.1 Å². The molecule has 0 aliphatic carbocycles. The summed E-state index contributed by atoms with van der Waals surface area (Å²) in [5.74, 6) is -0.327. The molecule has 2 rings (SSSR count). The van der Waals surface area contributed by atoms with Crippen molar-refractivity contribution in [2.45, 2.75) is 19.4 Å². The van der Waals surface area contributed by atoms with E-state index in [1.807, 2.05) is 0 Å². The van der Waals surface area contributed by atoms with E-state index in [0.29, 0.717) is 21.4 Å². The molecule has 1 heterocycles. The van der Waals surface area contributed by atoms with E-state index in [1.165, 1.54) is 12.3 Å². The number of anilines is 1. The molecule has 0 saturated heterocycles. The third kappa shape index (κ3) is 3.57. The lowest BCUT2D eigenvalue weighted by atomic mass is 10.0. The van der Waals surface area contributed by atoms with E-state index in [4.69, 9.17) is 27.9 Å². The van der Waals surface area contributed by atoms with E-state index in [0.717, 1.165) is 0 Å². The fraction of sp³-hybridized carbons (Fsp3) is 0.267. The minimum Gasteiger partial charge on any atom is -0.478 e. The third-order valence-electron chi connectivity index (χ3n) is 2.96. The highest BCUT2D eigenvalue weighted by Crippen LogP contribution is 2.33. The highest BCUT2D eigenvalue weighted by atomic mass is 35.5. The van der Waals surface area contributed by atoms with Gasteiger partial charge in [-0.25, -0.2) is 4.39 Å². The van der Waals surface area contributed by atoms with Crippen LogP contribution in [0.2, 0.25) is 10.0 Å². The number of halogens is 3. The molecule has 0 amide bonds. The first-order valence-corrected chi connectivity index (χ1v) is 7.07. The monoisotopic (exact) mass is 328 g/mol. The maximum absolute atomic E-state index is 14.0. The zero-order valence-electron chi connectivity index (χ0n) is 11.9. The van der Waals surface area contributed by atoms with E-state index < -0.39 is 11.4 Å². The second-order valence-electron chi connectivity index (χ2n) is 4.99. The minimum absolute atomic E-state index is 0.131. The second-order valence-corrected chi connectivity index (χ2v) is 5.84. The lowest BCUT2D eigenvalue weighted by molar-refractivity contribution is 0.0980. The molecule has 0 fully saturated rings. The molecule has 112 valence electrons. The summed E-state index contributed by atoms with van der Waals surface area (Å²) in [4.78, 5) is 4.19. The molecule has 3 nitrogen and oxygen atoms in total. The van der Waals surface area contributed by atoms with Crippen molar-refractivity contribution in [1.82, 2.24) is 4.98 Å². The second kappa shape index (κ2) is 6.08. The van der Waals surface area contributed by atoms with Crippen molar-refractivity contribution < 1.29 is 9.13 Å². The van der Waals surface area contributed by atoms with Gasteiger partial charge in [0.15, 0.2) is 11.6 Å². The Balaban J connectivity index is 2.32. The number of ether oxygens (including phenoxy) is 1. The molecule has 0 unspecified atom stereocenters. The first-order chi connectivity index (χ1) is 9.83. The first-order valence-electron chi connectivity index (χ1n) is 6.31.